The number of nitrogens with one attached hydrogen (secondary N) is 1. The average Bonchev–Trinajstić information content (AvgIpc) is 2.48. The highest BCUT2D eigenvalue weighted by Gasteiger charge is 2.18. The molecule has 0 aliphatic rings. The average molecular weight is 306 g/mol. The third kappa shape index (κ3) is 3.07. The van der Waals surface area contributed by atoms with Gasteiger partial charge < -0.3 is 0 Å². The van der Waals surface area contributed by atoms with Gasteiger partial charge in [-0.25, -0.2) is 12.8 Å². The number of nitrogens with zero attached hydrogens (tertiary/aromatic N) is 2. The molecule has 106 valence electrons. The molecule has 0 spiro atoms. The predicted molar refractivity (Wildman–Crippen MR) is 69.9 cm³/mol. The Bertz CT molecular complexity index is 824. The molecular formula is C13H9FN3O3S+. The van der Waals surface area contributed by atoms with Crippen LogP contribution in [0, 0.1) is 11.3 Å². The summed E-state index contributed by atoms with van der Waals surface area (Å²) in [5.41, 5.74) is 6.58. The highest BCUT2D eigenvalue weighted by molar-refractivity contribution is 7.91. The molecule has 0 heterocycles. The van der Waals surface area contributed by atoms with E-state index < -0.39 is 21.6 Å². The fraction of sp³-hybridized carbons (Fsp3) is 0. The van der Waals surface area contributed by atoms with Crippen LogP contribution in [0.15, 0.2) is 63.4 Å². The van der Waals surface area contributed by atoms with E-state index in [1.165, 1.54) is 24.3 Å². The van der Waals surface area contributed by atoms with Gasteiger partial charge in [-0.05, 0) is 48.5 Å². The first-order valence-electron chi connectivity index (χ1n) is 5.67. The van der Waals surface area contributed by atoms with Gasteiger partial charge in [0, 0.05) is 5.56 Å². The summed E-state index contributed by atoms with van der Waals surface area (Å²) in [7, 11) is -3.78. The molecular weight excluding hydrogens is 297 g/mol. The van der Waals surface area contributed by atoms with Gasteiger partial charge in [0.05, 0.1) is 9.79 Å². The van der Waals surface area contributed by atoms with Crippen LogP contribution in [0.5, 0.6) is 0 Å². The van der Waals surface area contributed by atoms with Crippen molar-refractivity contribution in [1.82, 2.24) is 4.91 Å². The second-order valence-corrected chi connectivity index (χ2v) is 5.94. The van der Waals surface area contributed by atoms with Crippen LogP contribution in [0.1, 0.15) is 10.4 Å². The number of hydrogen-bond acceptors (Lipinski definition) is 4. The second kappa shape index (κ2) is 5.74. The van der Waals surface area contributed by atoms with Gasteiger partial charge in [0.1, 0.15) is 11.3 Å². The molecule has 0 saturated heterocycles. The number of halogens is 1. The van der Waals surface area contributed by atoms with Gasteiger partial charge in [-0.15, -0.1) is 0 Å². The van der Waals surface area contributed by atoms with Crippen molar-refractivity contribution in [2.24, 2.45) is 5.11 Å². The Morgan fingerprint density at radius 3 is 1.95 bits per heavy atom. The fourth-order valence-electron chi connectivity index (χ4n) is 1.63. The summed E-state index contributed by atoms with van der Waals surface area (Å²) in [6, 6.07) is 9.46. The van der Waals surface area contributed by atoms with Crippen molar-refractivity contribution >= 4 is 15.7 Å². The Labute approximate surface area is 119 Å². The zero-order valence-corrected chi connectivity index (χ0v) is 11.3. The SMILES string of the molecule is N=[N+]=NC(=O)c1ccc(S(=O)(=O)c2ccc(F)cc2)cc1. The highest BCUT2D eigenvalue weighted by Crippen LogP contribution is 2.21. The summed E-state index contributed by atoms with van der Waals surface area (Å²) in [5.74, 6) is -1.27. The van der Waals surface area contributed by atoms with Crippen LogP contribution < -0.4 is 4.91 Å². The molecule has 2 aromatic rings. The molecule has 8 heteroatoms. The Kier molecular flexibility index (Phi) is 4.02. The van der Waals surface area contributed by atoms with E-state index in [1.54, 1.807) is 0 Å². The molecule has 1 N–H and O–H groups in total. The van der Waals surface area contributed by atoms with Crippen molar-refractivity contribution in [3.05, 3.63) is 59.9 Å². The molecule has 21 heavy (non-hydrogen) atoms. The van der Waals surface area contributed by atoms with Gasteiger partial charge in [-0.2, -0.15) is 0 Å². The second-order valence-electron chi connectivity index (χ2n) is 3.99. The van der Waals surface area contributed by atoms with E-state index in [0.717, 1.165) is 24.3 Å². The Morgan fingerprint density at radius 2 is 1.48 bits per heavy atom. The number of amides is 1. The van der Waals surface area contributed by atoms with E-state index in [-0.39, 0.29) is 15.4 Å². The number of sulfone groups is 1. The van der Waals surface area contributed by atoms with Gasteiger partial charge in [0.25, 0.3) is 0 Å². The number of benzene rings is 2. The number of rotatable bonds is 3. The molecule has 0 unspecified atom stereocenters. The standard InChI is InChI=1S/C13H9FN3O3S/c14-10-3-7-12(8-4-10)21(19,20)11-5-1-9(2-6-11)13(18)16-17-15/h1-8,15H/q+1. The summed E-state index contributed by atoms with van der Waals surface area (Å²) in [6.45, 7) is 0. The molecule has 6 nitrogen and oxygen atoms in total. The fourth-order valence-corrected chi connectivity index (χ4v) is 2.89. The number of carbonyl (C=O) groups excluding carboxylic acids is 1. The lowest BCUT2D eigenvalue weighted by molar-refractivity contribution is 0.0992. The first-order chi connectivity index (χ1) is 9.95. The van der Waals surface area contributed by atoms with Crippen molar-refractivity contribution in [3.8, 4) is 0 Å². The van der Waals surface area contributed by atoms with Gasteiger partial charge in [-0.3, -0.25) is 4.79 Å². The molecule has 0 fully saturated rings. The molecule has 0 aliphatic carbocycles. The maximum Gasteiger partial charge on any atom is 0.360 e. The van der Waals surface area contributed by atoms with E-state index in [1.807, 2.05) is 0 Å². The zero-order chi connectivity index (χ0) is 15.5. The van der Waals surface area contributed by atoms with Crippen molar-refractivity contribution in [2.45, 2.75) is 9.79 Å². The molecule has 0 atom stereocenters. The van der Waals surface area contributed by atoms with Crippen LogP contribution in [0.25, 0.3) is 0 Å². The number of carbonyl (C=O) groups is 1. The minimum Gasteiger partial charge on any atom is -0.259 e. The largest absolute Gasteiger partial charge is 0.360 e. The molecule has 0 bridgehead atoms. The van der Waals surface area contributed by atoms with Crippen molar-refractivity contribution in [3.63, 3.8) is 0 Å². The lowest BCUT2D eigenvalue weighted by atomic mass is 10.2. The van der Waals surface area contributed by atoms with E-state index in [9.17, 15) is 17.6 Å². The summed E-state index contributed by atoms with van der Waals surface area (Å²) < 4.78 is 37.4. The molecule has 0 radical (unpaired) electrons. The lowest BCUT2D eigenvalue weighted by Crippen LogP contribution is -2.03. The van der Waals surface area contributed by atoms with Crippen LogP contribution in [0.3, 0.4) is 0 Å². The first kappa shape index (κ1) is 14.7. The molecule has 2 rings (SSSR count). The van der Waals surface area contributed by atoms with Gasteiger partial charge in [-0.1, -0.05) is 0 Å². The molecule has 2 aromatic carbocycles. The molecule has 1 amide bonds. The third-order valence-electron chi connectivity index (χ3n) is 2.68. The van der Waals surface area contributed by atoms with E-state index >= 15 is 0 Å². The maximum atomic E-state index is 12.8. The minimum atomic E-state index is -3.78. The molecule has 0 saturated carbocycles. The minimum absolute atomic E-state index is 0.0338. The van der Waals surface area contributed by atoms with Crippen molar-refractivity contribution in [1.29, 1.82) is 5.53 Å². The third-order valence-corrected chi connectivity index (χ3v) is 4.46. The van der Waals surface area contributed by atoms with Crippen LogP contribution in [-0.2, 0) is 9.84 Å². The maximum absolute atomic E-state index is 12.8. The Morgan fingerprint density at radius 1 is 1.00 bits per heavy atom. The van der Waals surface area contributed by atoms with E-state index in [2.05, 4.69) is 10.0 Å². The quantitative estimate of drug-likeness (QED) is 0.535. The summed E-state index contributed by atoms with van der Waals surface area (Å²) >= 11 is 0. The lowest BCUT2D eigenvalue weighted by Gasteiger charge is -2.04. The van der Waals surface area contributed by atoms with E-state index in [0.29, 0.717) is 0 Å². The summed E-state index contributed by atoms with van der Waals surface area (Å²) in [5, 5.41) is 3.02. The summed E-state index contributed by atoms with van der Waals surface area (Å²) in [6.07, 6.45) is 0. The Balaban J connectivity index is 2.40. The Hall–Kier alpha value is -2.70. The van der Waals surface area contributed by atoms with Crippen molar-refractivity contribution < 1.29 is 17.6 Å². The molecule has 0 aromatic heterocycles. The van der Waals surface area contributed by atoms with Crippen LogP contribution >= 0.6 is 0 Å². The van der Waals surface area contributed by atoms with Gasteiger partial charge in [0.2, 0.25) is 19.9 Å². The normalized spacial score (nSPS) is 10.7. The van der Waals surface area contributed by atoms with Crippen LogP contribution in [-0.4, -0.2) is 14.3 Å². The van der Waals surface area contributed by atoms with Gasteiger partial charge in [0.15, 0.2) is 0 Å². The predicted octanol–water partition coefficient (Wildman–Crippen LogP) is 2.35. The van der Waals surface area contributed by atoms with Crippen LogP contribution in [0.4, 0.5) is 4.39 Å². The summed E-state index contributed by atoms with van der Waals surface area (Å²) in [4.78, 5) is 13.9. The topological polar surface area (TPSA) is 102 Å². The highest BCUT2D eigenvalue weighted by atomic mass is 32.2. The van der Waals surface area contributed by atoms with Crippen LogP contribution in [0.2, 0.25) is 0 Å². The van der Waals surface area contributed by atoms with Crippen molar-refractivity contribution in [2.75, 3.05) is 0 Å². The van der Waals surface area contributed by atoms with E-state index in [4.69, 9.17) is 5.53 Å². The smallest absolute Gasteiger partial charge is 0.259 e. The molecule has 0 aliphatic heterocycles. The zero-order valence-electron chi connectivity index (χ0n) is 10.5. The first-order valence-corrected chi connectivity index (χ1v) is 7.16. The van der Waals surface area contributed by atoms with Gasteiger partial charge >= 0.3 is 5.91 Å². The number of hydrogen-bond donors (Lipinski definition) is 1. The monoisotopic (exact) mass is 306 g/mol.